The summed E-state index contributed by atoms with van der Waals surface area (Å²) in [5.41, 5.74) is 0.271. The number of rotatable bonds is 7. The molecule has 0 saturated heterocycles. The molecule has 5 nitrogen and oxygen atoms in total. The standard InChI is InChI=1S/C19H27F2N3O2/c1-24(13-14-9-10-15(20)12-17(14)21)18(25)8-5-11-22-19(26)23-16-6-3-2-4-7-16/h9-10,12,16H,2-8,11,13H2,1H3,(H2,22,23,26). The van der Waals surface area contributed by atoms with E-state index in [2.05, 4.69) is 10.6 Å². The number of nitrogens with one attached hydrogen (secondary N) is 2. The summed E-state index contributed by atoms with van der Waals surface area (Å²) in [6.07, 6.45) is 6.35. The maximum Gasteiger partial charge on any atom is 0.315 e. The largest absolute Gasteiger partial charge is 0.341 e. The Morgan fingerprint density at radius 2 is 1.92 bits per heavy atom. The van der Waals surface area contributed by atoms with Crippen molar-refractivity contribution < 1.29 is 18.4 Å². The van der Waals surface area contributed by atoms with E-state index in [1.165, 1.54) is 23.5 Å². The lowest BCUT2D eigenvalue weighted by atomic mass is 9.96. The zero-order valence-corrected chi connectivity index (χ0v) is 15.2. The fourth-order valence-corrected chi connectivity index (χ4v) is 3.11. The van der Waals surface area contributed by atoms with E-state index in [4.69, 9.17) is 0 Å². The fourth-order valence-electron chi connectivity index (χ4n) is 3.11. The average Bonchev–Trinajstić information content (AvgIpc) is 2.61. The molecule has 1 aliphatic carbocycles. The molecular formula is C19H27F2N3O2. The number of nitrogens with zero attached hydrogens (tertiary/aromatic N) is 1. The number of benzene rings is 1. The first kappa shape index (κ1) is 20.1. The second-order valence-corrected chi connectivity index (χ2v) is 6.82. The zero-order valence-electron chi connectivity index (χ0n) is 15.2. The van der Waals surface area contributed by atoms with Crippen LogP contribution >= 0.6 is 0 Å². The van der Waals surface area contributed by atoms with Gasteiger partial charge in [-0.25, -0.2) is 13.6 Å². The third-order valence-corrected chi connectivity index (χ3v) is 4.64. The van der Waals surface area contributed by atoms with Gasteiger partial charge in [0.2, 0.25) is 5.91 Å². The Hall–Kier alpha value is -2.18. The van der Waals surface area contributed by atoms with Gasteiger partial charge in [0.15, 0.2) is 0 Å². The van der Waals surface area contributed by atoms with Crippen molar-refractivity contribution in [3.05, 3.63) is 35.4 Å². The highest BCUT2D eigenvalue weighted by atomic mass is 19.1. The molecule has 0 atom stereocenters. The summed E-state index contributed by atoms with van der Waals surface area (Å²) in [5.74, 6) is -1.45. The average molecular weight is 367 g/mol. The molecular weight excluding hydrogens is 340 g/mol. The summed E-state index contributed by atoms with van der Waals surface area (Å²) in [6.45, 7) is 0.490. The predicted octanol–water partition coefficient (Wildman–Crippen LogP) is 3.34. The molecule has 2 N–H and O–H groups in total. The molecule has 0 spiro atoms. The number of amides is 3. The molecule has 1 aliphatic rings. The van der Waals surface area contributed by atoms with Crippen molar-refractivity contribution in [2.45, 2.75) is 57.5 Å². The third-order valence-electron chi connectivity index (χ3n) is 4.64. The van der Waals surface area contributed by atoms with Gasteiger partial charge in [-0.3, -0.25) is 4.79 Å². The van der Waals surface area contributed by atoms with Crippen LogP contribution in [0.2, 0.25) is 0 Å². The summed E-state index contributed by atoms with van der Waals surface area (Å²) in [6, 6.07) is 3.38. The summed E-state index contributed by atoms with van der Waals surface area (Å²) in [4.78, 5) is 25.3. The maximum absolute atomic E-state index is 13.6. The topological polar surface area (TPSA) is 61.4 Å². The second kappa shape index (κ2) is 10.1. The van der Waals surface area contributed by atoms with E-state index >= 15 is 0 Å². The number of carbonyl (C=O) groups is 2. The molecule has 0 heterocycles. The molecule has 0 aromatic heterocycles. The highest BCUT2D eigenvalue weighted by Gasteiger charge is 2.16. The first-order chi connectivity index (χ1) is 12.5. The quantitative estimate of drug-likeness (QED) is 0.726. The summed E-state index contributed by atoms with van der Waals surface area (Å²) in [7, 11) is 1.58. The summed E-state index contributed by atoms with van der Waals surface area (Å²) in [5, 5.41) is 5.72. The Morgan fingerprint density at radius 1 is 1.19 bits per heavy atom. The molecule has 26 heavy (non-hydrogen) atoms. The number of hydrogen-bond acceptors (Lipinski definition) is 2. The molecule has 3 amide bonds. The van der Waals surface area contributed by atoms with Crippen LogP contribution < -0.4 is 10.6 Å². The van der Waals surface area contributed by atoms with E-state index in [0.29, 0.717) is 13.0 Å². The van der Waals surface area contributed by atoms with Crippen LogP contribution in [0.3, 0.4) is 0 Å². The number of hydrogen-bond donors (Lipinski definition) is 2. The van der Waals surface area contributed by atoms with Crippen molar-refractivity contribution in [2.75, 3.05) is 13.6 Å². The van der Waals surface area contributed by atoms with Gasteiger partial charge in [0, 0.05) is 44.2 Å². The van der Waals surface area contributed by atoms with Gasteiger partial charge >= 0.3 is 6.03 Å². The van der Waals surface area contributed by atoms with Gasteiger partial charge in [0.05, 0.1) is 0 Å². The SMILES string of the molecule is CN(Cc1ccc(F)cc1F)C(=O)CCCNC(=O)NC1CCCCC1. The Bertz CT molecular complexity index is 619. The van der Waals surface area contributed by atoms with Gasteiger partial charge < -0.3 is 15.5 Å². The molecule has 144 valence electrons. The van der Waals surface area contributed by atoms with Crippen molar-refractivity contribution in [1.29, 1.82) is 0 Å². The third kappa shape index (κ3) is 6.61. The Labute approximate surface area is 153 Å². The van der Waals surface area contributed by atoms with E-state index < -0.39 is 11.6 Å². The first-order valence-electron chi connectivity index (χ1n) is 9.18. The zero-order chi connectivity index (χ0) is 18.9. The van der Waals surface area contributed by atoms with Gasteiger partial charge in [-0.1, -0.05) is 25.3 Å². The minimum atomic E-state index is -0.661. The normalized spacial score (nSPS) is 14.7. The lowest BCUT2D eigenvalue weighted by molar-refractivity contribution is -0.130. The van der Waals surface area contributed by atoms with Crippen molar-refractivity contribution in [3.8, 4) is 0 Å². The maximum atomic E-state index is 13.6. The lowest BCUT2D eigenvalue weighted by Gasteiger charge is -2.23. The van der Waals surface area contributed by atoms with Crippen LogP contribution in [0.5, 0.6) is 0 Å². The van der Waals surface area contributed by atoms with Gasteiger partial charge in [-0.05, 0) is 25.3 Å². The molecule has 0 radical (unpaired) electrons. The van der Waals surface area contributed by atoms with Crippen LogP contribution in [-0.2, 0) is 11.3 Å². The molecule has 1 aromatic carbocycles. The van der Waals surface area contributed by atoms with E-state index in [0.717, 1.165) is 31.7 Å². The minimum absolute atomic E-state index is 0.0839. The number of carbonyl (C=O) groups excluding carboxylic acids is 2. The highest BCUT2D eigenvalue weighted by molar-refractivity contribution is 5.76. The fraction of sp³-hybridized carbons (Fsp3) is 0.579. The molecule has 7 heteroatoms. The molecule has 2 rings (SSSR count). The minimum Gasteiger partial charge on any atom is -0.341 e. The molecule has 0 unspecified atom stereocenters. The van der Waals surface area contributed by atoms with Crippen molar-refractivity contribution in [3.63, 3.8) is 0 Å². The Morgan fingerprint density at radius 3 is 2.62 bits per heavy atom. The monoisotopic (exact) mass is 367 g/mol. The Kier molecular flexibility index (Phi) is 7.81. The van der Waals surface area contributed by atoms with Crippen molar-refractivity contribution in [2.24, 2.45) is 0 Å². The van der Waals surface area contributed by atoms with Gasteiger partial charge in [0.25, 0.3) is 0 Å². The van der Waals surface area contributed by atoms with E-state index in [1.807, 2.05) is 0 Å². The summed E-state index contributed by atoms with van der Waals surface area (Å²) >= 11 is 0. The van der Waals surface area contributed by atoms with E-state index in [1.54, 1.807) is 7.05 Å². The first-order valence-corrected chi connectivity index (χ1v) is 9.18. The van der Waals surface area contributed by atoms with Crippen molar-refractivity contribution in [1.82, 2.24) is 15.5 Å². The van der Waals surface area contributed by atoms with Gasteiger partial charge in [-0.2, -0.15) is 0 Å². The van der Waals surface area contributed by atoms with Gasteiger partial charge in [-0.15, -0.1) is 0 Å². The van der Waals surface area contributed by atoms with Crippen LogP contribution in [0.4, 0.5) is 13.6 Å². The molecule has 0 aliphatic heterocycles. The van der Waals surface area contributed by atoms with Crippen LogP contribution in [0.15, 0.2) is 18.2 Å². The number of halogens is 2. The van der Waals surface area contributed by atoms with Crippen LogP contribution in [0.25, 0.3) is 0 Å². The molecule has 1 aromatic rings. The van der Waals surface area contributed by atoms with Crippen molar-refractivity contribution >= 4 is 11.9 Å². The molecule has 1 saturated carbocycles. The highest BCUT2D eigenvalue weighted by Crippen LogP contribution is 2.17. The molecule has 1 fully saturated rings. The smallest absolute Gasteiger partial charge is 0.315 e. The Balaban J connectivity index is 1.63. The van der Waals surface area contributed by atoms with Crippen LogP contribution in [-0.4, -0.2) is 36.5 Å². The van der Waals surface area contributed by atoms with E-state index in [-0.39, 0.29) is 36.5 Å². The lowest BCUT2D eigenvalue weighted by Crippen LogP contribution is -2.43. The predicted molar refractivity (Wildman–Crippen MR) is 95.5 cm³/mol. The van der Waals surface area contributed by atoms with Gasteiger partial charge in [0.1, 0.15) is 11.6 Å². The van der Waals surface area contributed by atoms with Crippen LogP contribution in [0.1, 0.15) is 50.5 Å². The van der Waals surface area contributed by atoms with E-state index in [9.17, 15) is 18.4 Å². The summed E-state index contributed by atoms with van der Waals surface area (Å²) < 4.78 is 26.5. The van der Waals surface area contributed by atoms with Crippen LogP contribution in [0, 0.1) is 11.6 Å². The number of urea groups is 1. The second-order valence-electron chi connectivity index (χ2n) is 6.82. The molecule has 0 bridgehead atoms.